The van der Waals surface area contributed by atoms with Gasteiger partial charge in [0.2, 0.25) is 0 Å². The maximum atomic E-state index is 15.5. The highest BCUT2D eigenvalue weighted by atomic mass is 35.5. The molecule has 0 spiro atoms. The molecular formula is C52H50Cl2F4O4Si. The van der Waals surface area contributed by atoms with Crippen LogP contribution in [0.1, 0.15) is 46.9 Å². The van der Waals surface area contributed by atoms with Crippen molar-refractivity contribution in [2.24, 2.45) is 0 Å². The van der Waals surface area contributed by atoms with E-state index in [2.05, 4.69) is 19.6 Å². The topological polar surface area (TPSA) is 55.8 Å². The summed E-state index contributed by atoms with van der Waals surface area (Å²) in [5.74, 6) is -3.02. The number of ether oxygens (including phenoxy) is 2. The predicted molar refractivity (Wildman–Crippen MR) is 250 cm³/mol. The van der Waals surface area contributed by atoms with Gasteiger partial charge in [-0.25, -0.2) is 17.6 Å². The molecule has 328 valence electrons. The van der Waals surface area contributed by atoms with Gasteiger partial charge in [-0.1, -0.05) is 128 Å². The smallest absolute Gasteiger partial charge is 0.139 e. The number of aliphatic hydroxyl groups is 1. The van der Waals surface area contributed by atoms with E-state index < -0.39 is 49.3 Å². The third kappa shape index (κ3) is 16.0. The van der Waals surface area contributed by atoms with Crippen molar-refractivity contribution in [2.75, 3.05) is 0 Å². The molecule has 0 aliphatic rings. The van der Waals surface area contributed by atoms with Crippen molar-refractivity contribution < 1.29 is 36.9 Å². The number of rotatable bonds is 18. The van der Waals surface area contributed by atoms with Crippen LogP contribution in [-0.4, -0.2) is 25.6 Å². The van der Waals surface area contributed by atoms with Crippen molar-refractivity contribution in [3.05, 3.63) is 213 Å². The van der Waals surface area contributed by atoms with Crippen LogP contribution in [0.2, 0.25) is 35.7 Å². The van der Waals surface area contributed by atoms with Gasteiger partial charge in [0.15, 0.2) is 0 Å². The lowest BCUT2D eigenvalue weighted by atomic mass is 9.91. The standard InChI is InChI=1S/C28H31ClF2O2Si.C24H19ClF2O2/c1-34(2,3)19-23(32)18-26(21-12-14-22(29)15-13-21)28(31)27(30)17-20-8-7-11-25(16-20)33-24-9-5-4-6-10-24;25-19-11-9-18(10-12-19)22(13-14-28)24(27)23(26)16-17-5-4-8-21(15-17)29-20-6-2-1-3-7-20/h4-16,23,26,32H,17-19H2,1-3H3;1-12,14-15,22H,13,16H2/b28-27+;24-23+. The summed E-state index contributed by atoms with van der Waals surface area (Å²) in [6, 6.07) is 46.0. The van der Waals surface area contributed by atoms with Gasteiger partial charge in [-0.05, 0) is 108 Å². The minimum absolute atomic E-state index is 0.113. The Balaban J connectivity index is 0.000000240. The number of hydrogen-bond acceptors (Lipinski definition) is 4. The first kappa shape index (κ1) is 48.6. The van der Waals surface area contributed by atoms with Crippen LogP contribution in [0, 0.1) is 0 Å². The second-order valence-corrected chi connectivity index (χ2v) is 22.7. The summed E-state index contributed by atoms with van der Waals surface area (Å²) >= 11 is 11.9. The maximum absolute atomic E-state index is 15.5. The highest BCUT2D eigenvalue weighted by Crippen LogP contribution is 2.37. The second-order valence-electron chi connectivity index (χ2n) is 16.2. The third-order valence-electron chi connectivity index (χ3n) is 9.84. The van der Waals surface area contributed by atoms with Crippen molar-refractivity contribution in [1.82, 2.24) is 0 Å². The molecule has 1 N–H and O–H groups in total. The summed E-state index contributed by atoms with van der Waals surface area (Å²) in [7, 11) is -1.58. The van der Waals surface area contributed by atoms with Crippen LogP contribution in [0.25, 0.3) is 0 Å². The normalized spacial score (nSPS) is 13.6. The molecule has 4 nitrogen and oxygen atoms in total. The minimum atomic E-state index is -1.58. The lowest BCUT2D eigenvalue weighted by Gasteiger charge is -2.24. The Labute approximate surface area is 378 Å². The van der Waals surface area contributed by atoms with E-state index in [1.807, 2.05) is 60.7 Å². The summed E-state index contributed by atoms with van der Waals surface area (Å²) < 4.78 is 71.8. The van der Waals surface area contributed by atoms with E-state index in [1.165, 1.54) is 0 Å². The lowest BCUT2D eigenvalue weighted by Crippen LogP contribution is -2.28. The summed E-state index contributed by atoms with van der Waals surface area (Å²) in [6.07, 6.45) is -0.610. The molecule has 0 heterocycles. The summed E-state index contributed by atoms with van der Waals surface area (Å²) in [4.78, 5) is 11.0. The molecule has 0 aliphatic carbocycles. The Morgan fingerprint density at radius 2 is 0.968 bits per heavy atom. The number of aliphatic hydroxyl groups excluding tert-OH is 1. The van der Waals surface area contributed by atoms with Crippen LogP contribution >= 0.6 is 23.2 Å². The number of allylic oxidation sites excluding steroid dienone is 4. The molecule has 0 saturated heterocycles. The van der Waals surface area contributed by atoms with Gasteiger partial charge in [-0.2, -0.15) is 0 Å². The molecule has 0 aromatic heterocycles. The Morgan fingerprint density at radius 3 is 1.38 bits per heavy atom. The molecule has 3 atom stereocenters. The molecular weight excluding hydrogens is 864 g/mol. The molecule has 0 saturated carbocycles. The van der Waals surface area contributed by atoms with Crippen LogP contribution in [0.3, 0.4) is 0 Å². The van der Waals surface area contributed by atoms with Crippen molar-refractivity contribution >= 4 is 37.6 Å². The van der Waals surface area contributed by atoms with Gasteiger partial charge in [0.25, 0.3) is 0 Å². The quantitative estimate of drug-likeness (QED) is 0.0530. The second kappa shape index (κ2) is 23.8. The number of hydrogen-bond donors (Lipinski definition) is 1. The Bertz CT molecular complexity index is 2420. The van der Waals surface area contributed by atoms with Gasteiger partial charge in [0.1, 0.15) is 52.6 Å². The molecule has 0 radical (unpaired) electrons. The molecule has 0 bridgehead atoms. The van der Waals surface area contributed by atoms with Crippen molar-refractivity contribution in [2.45, 2.75) is 69.3 Å². The number of carbonyl (C=O) groups is 1. The summed E-state index contributed by atoms with van der Waals surface area (Å²) in [5.41, 5.74) is 2.24. The zero-order valence-electron chi connectivity index (χ0n) is 35.3. The van der Waals surface area contributed by atoms with E-state index in [1.54, 1.807) is 97.1 Å². The maximum Gasteiger partial charge on any atom is 0.139 e. The van der Waals surface area contributed by atoms with Crippen LogP contribution in [-0.2, 0) is 17.6 Å². The zero-order valence-corrected chi connectivity index (χ0v) is 37.8. The van der Waals surface area contributed by atoms with Gasteiger partial charge in [-0.3, -0.25) is 0 Å². The molecule has 6 aromatic rings. The number of para-hydroxylation sites is 2. The molecule has 63 heavy (non-hydrogen) atoms. The SMILES string of the molecule is C[Si](C)(C)CC(O)CC(/C(F)=C(\F)Cc1cccc(Oc2ccccc2)c1)c1ccc(Cl)cc1.O=CCC(/C(F)=C(\F)Cc1cccc(Oc2ccccc2)c1)c1ccc(Cl)cc1. The molecule has 0 aliphatic heterocycles. The van der Waals surface area contributed by atoms with Gasteiger partial charge in [-0.15, -0.1) is 0 Å². The summed E-state index contributed by atoms with van der Waals surface area (Å²) in [6.45, 7) is 6.43. The van der Waals surface area contributed by atoms with E-state index in [0.717, 1.165) is 0 Å². The molecule has 0 amide bonds. The van der Waals surface area contributed by atoms with Gasteiger partial charge < -0.3 is 19.4 Å². The first-order valence-corrected chi connectivity index (χ1v) is 25.0. The average molecular weight is 914 g/mol. The molecule has 6 aromatic carbocycles. The largest absolute Gasteiger partial charge is 0.457 e. The fraction of sp³-hybridized carbons (Fsp3) is 0.212. The minimum Gasteiger partial charge on any atom is -0.457 e. The van der Waals surface area contributed by atoms with E-state index in [-0.39, 0.29) is 25.7 Å². The predicted octanol–water partition coefficient (Wildman–Crippen LogP) is 15.9. The fourth-order valence-corrected chi connectivity index (χ4v) is 8.75. The fourth-order valence-electron chi connectivity index (χ4n) is 6.91. The average Bonchev–Trinajstić information content (AvgIpc) is 3.25. The molecule has 11 heteroatoms. The highest BCUT2D eigenvalue weighted by molar-refractivity contribution is 6.76. The van der Waals surface area contributed by atoms with Crippen LogP contribution in [0.4, 0.5) is 17.6 Å². The van der Waals surface area contributed by atoms with Crippen molar-refractivity contribution in [3.63, 3.8) is 0 Å². The van der Waals surface area contributed by atoms with E-state index >= 15 is 8.78 Å². The third-order valence-corrected chi connectivity index (χ3v) is 12.0. The van der Waals surface area contributed by atoms with Crippen molar-refractivity contribution in [1.29, 1.82) is 0 Å². The van der Waals surface area contributed by atoms with Gasteiger partial charge >= 0.3 is 0 Å². The molecule has 3 unspecified atom stereocenters. The molecule has 0 fully saturated rings. The monoisotopic (exact) mass is 912 g/mol. The van der Waals surface area contributed by atoms with E-state index in [4.69, 9.17) is 32.7 Å². The summed E-state index contributed by atoms with van der Waals surface area (Å²) in [5, 5.41) is 11.7. The highest BCUT2D eigenvalue weighted by Gasteiger charge is 2.28. The molecule has 6 rings (SSSR count). The van der Waals surface area contributed by atoms with Gasteiger partial charge in [0.05, 0.1) is 6.10 Å². The Hall–Kier alpha value is -5.45. The van der Waals surface area contributed by atoms with E-state index in [9.17, 15) is 18.7 Å². The Morgan fingerprint density at radius 1 is 0.571 bits per heavy atom. The van der Waals surface area contributed by atoms with Crippen molar-refractivity contribution in [3.8, 4) is 23.0 Å². The first-order valence-electron chi connectivity index (χ1n) is 20.5. The number of carbonyl (C=O) groups excluding carboxylic acids is 1. The number of halogens is 6. The lowest BCUT2D eigenvalue weighted by molar-refractivity contribution is -0.108. The first-order chi connectivity index (χ1) is 30.2. The van der Waals surface area contributed by atoms with Crippen LogP contribution in [0.15, 0.2) is 181 Å². The zero-order chi connectivity index (χ0) is 45.4. The number of benzene rings is 6. The number of aldehydes is 1. The van der Waals surface area contributed by atoms with Crippen LogP contribution < -0.4 is 9.47 Å². The van der Waals surface area contributed by atoms with E-state index in [0.29, 0.717) is 67.6 Å². The van der Waals surface area contributed by atoms with Crippen LogP contribution in [0.5, 0.6) is 23.0 Å². The Kier molecular flexibility index (Phi) is 18.4. The van der Waals surface area contributed by atoms with Gasteiger partial charge in [0, 0.05) is 49.2 Å².